The van der Waals surface area contributed by atoms with E-state index in [0.717, 1.165) is 26.1 Å². The van der Waals surface area contributed by atoms with Crippen LogP contribution in [0.5, 0.6) is 0 Å². The van der Waals surface area contributed by atoms with E-state index in [4.69, 9.17) is 9.15 Å². The number of aromatic nitrogens is 2. The van der Waals surface area contributed by atoms with Gasteiger partial charge in [0.1, 0.15) is 12.1 Å². The predicted molar refractivity (Wildman–Crippen MR) is 118 cm³/mol. The minimum Gasteiger partial charge on any atom is -0.467 e. The van der Waals surface area contributed by atoms with Crippen molar-refractivity contribution in [3.05, 3.63) is 40.6 Å². The van der Waals surface area contributed by atoms with Crippen LogP contribution >= 0.6 is 0 Å². The molecule has 1 aliphatic rings. The second kappa shape index (κ2) is 12.0. The van der Waals surface area contributed by atoms with Gasteiger partial charge >= 0.3 is 11.7 Å². The molecule has 11 heteroatoms. The van der Waals surface area contributed by atoms with Crippen LogP contribution in [0.2, 0.25) is 0 Å². The summed E-state index contributed by atoms with van der Waals surface area (Å²) in [5.41, 5.74) is -0.218. The number of rotatable bonds is 13. The summed E-state index contributed by atoms with van der Waals surface area (Å²) in [4.78, 5) is 35.7. The first-order chi connectivity index (χ1) is 15.6. The van der Waals surface area contributed by atoms with Gasteiger partial charge in [0.05, 0.1) is 30.8 Å². The third kappa shape index (κ3) is 6.64. The normalized spacial score (nSPS) is 13.8. The van der Waals surface area contributed by atoms with Crippen LogP contribution in [0.25, 0.3) is 0 Å². The van der Waals surface area contributed by atoms with Gasteiger partial charge in [-0.05, 0) is 58.0 Å². The Balaban J connectivity index is 1.75. The molecule has 0 radical (unpaired) electrons. The average molecular weight is 447 g/mol. The van der Waals surface area contributed by atoms with E-state index in [-0.39, 0.29) is 49.4 Å². The van der Waals surface area contributed by atoms with E-state index in [1.54, 1.807) is 24.0 Å². The molecule has 1 aliphatic heterocycles. The van der Waals surface area contributed by atoms with E-state index in [9.17, 15) is 14.9 Å². The minimum atomic E-state index is -0.488. The van der Waals surface area contributed by atoms with Crippen molar-refractivity contribution in [3.8, 4) is 0 Å². The number of esters is 1. The fraction of sp³-hybridized carbons (Fsp3) is 0.571. The highest BCUT2D eigenvalue weighted by Gasteiger charge is 2.28. The number of nitrogens with zero attached hydrogens (tertiary/aromatic N) is 5. The molecular formula is C21H30N6O5. The van der Waals surface area contributed by atoms with Gasteiger partial charge in [-0.15, -0.1) is 0 Å². The summed E-state index contributed by atoms with van der Waals surface area (Å²) in [6, 6.07) is 3.50. The number of nitrogens with one attached hydrogen (secondary N) is 1. The maximum absolute atomic E-state index is 12.0. The molecule has 1 fully saturated rings. The summed E-state index contributed by atoms with van der Waals surface area (Å²) in [6.07, 6.45) is 6.20. The van der Waals surface area contributed by atoms with E-state index < -0.39 is 4.92 Å². The molecule has 11 nitrogen and oxygen atoms in total. The molecule has 3 rings (SSSR count). The molecule has 0 atom stereocenters. The molecule has 0 unspecified atom stereocenters. The Labute approximate surface area is 186 Å². The van der Waals surface area contributed by atoms with Gasteiger partial charge in [-0.2, -0.15) is 0 Å². The van der Waals surface area contributed by atoms with Gasteiger partial charge < -0.3 is 24.3 Å². The molecule has 32 heavy (non-hydrogen) atoms. The number of carbonyl (C=O) groups is 1. The SMILES string of the molecule is CCOC(=O)CCN(Cc1ccco1)c1ncnc(NCCCN2CCCC2)c1[N+](=O)[O-]. The number of furan rings is 1. The van der Waals surface area contributed by atoms with Gasteiger partial charge in [-0.1, -0.05) is 0 Å². The smallest absolute Gasteiger partial charge is 0.353 e. The zero-order chi connectivity index (χ0) is 22.8. The maximum Gasteiger partial charge on any atom is 0.353 e. The van der Waals surface area contributed by atoms with Crippen LogP contribution in [-0.4, -0.2) is 65.1 Å². The average Bonchev–Trinajstić information content (AvgIpc) is 3.48. The van der Waals surface area contributed by atoms with E-state index in [1.165, 1.54) is 25.4 Å². The quantitative estimate of drug-likeness (QED) is 0.212. The summed E-state index contributed by atoms with van der Waals surface area (Å²) in [7, 11) is 0. The van der Waals surface area contributed by atoms with Gasteiger partial charge in [-0.25, -0.2) is 9.97 Å². The van der Waals surface area contributed by atoms with Crippen LogP contribution in [0.15, 0.2) is 29.1 Å². The summed E-state index contributed by atoms with van der Waals surface area (Å²) >= 11 is 0. The Bertz CT molecular complexity index is 870. The first-order valence-corrected chi connectivity index (χ1v) is 11.0. The van der Waals surface area contributed by atoms with Gasteiger partial charge in [0.15, 0.2) is 0 Å². The first-order valence-electron chi connectivity index (χ1n) is 11.0. The molecule has 0 amide bonds. The lowest BCUT2D eigenvalue weighted by molar-refractivity contribution is -0.383. The second-order valence-electron chi connectivity index (χ2n) is 7.54. The lowest BCUT2D eigenvalue weighted by Gasteiger charge is -2.22. The van der Waals surface area contributed by atoms with Crippen LogP contribution < -0.4 is 10.2 Å². The third-order valence-corrected chi connectivity index (χ3v) is 5.25. The fourth-order valence-electron chi connectivity index (χ4n) is 3.72. The van der Waals surface area contributed by atoms with Crippen molar-refractivity contribution in [3.63, 3.8) is 0 Å². The van der Waals surface area contributed by atoms with Crippen molar-refractivity contribution in [2.45, 2.75) is 39.2 Å². The van der Waals surface area contributed by atoms with Crippen molar-refractivity contribution in [1.82, 2.24) is 14.9 Å². The number of hydrogen-bond donors (Lipinski definition) is 1. The second-order valence-corrected chi connectivity index (χ2v) is 7.54. The van der Waals surface area contributed by atoms with Gasteiger partial charge in [-0.3, -0.25) is 14.9 Å². The summed E-state index contributed by atoms with van der Waals surface area (Å²) in [5.74, 6) is 0.519. The number of nitro groups is 1. The van der Waals surface area contributed by atoms with Crippen LogP contribution in [0.1, 0.15) is 38.4 Å². The van der Waals surface area contributed by atoms with Crippen LogP contribution in [0.4, 0.5) is 17.3 Å². The van der Waals surface area contributed by atoms with E-state index in [0.29, 0.717) is 12.3 Å². The molecule has 2 aromatic rings. The molecule has 174 valence electrons. The first kappa shape index (κ1) is 23.5. The molecule has 0 saturated carbocycles. The van der Waals surface area contributed by atoms with E-state index in [2.05, 4.69) is 20.2 Å². The van der Waals surface area contributed by atoms with E-state index >= 15 is 0 Å². The Morgan fingerprint density at radius 3 is 2.88 bits per heavy atom. The van der Waals surface area contributed by atoms with Crippen LogP contribution in [-0.2, 0) is 16.1 Å². The van der Waals surface area contributed by atoms with E-state index in [1.807, 2.05) is 0 Å². The zero-order valence-corrected chi connectivity index (χ0v) is 18.4. The van der Waals surface area contributed by atoms with Crippen molar-refractivity contribution < 1.29 is 18.9 Å². The predicted octanol–water partition coefficient (Wildman–Crippen LogP) is 2.84. The van der Waals surface area contributed by atoms with Gasteiger partial charge in [0, 0.05) is 13.1 Å². The molecule has 0 bridgehead atoms. The Morgan fingerprint density at radius 2 is 2.19 bits per heavy atom. The van der Waals surface area contributed by atoms with Crippen LogP contribution in [0, 0.1) is 10.1 Å². The molecule has 3 heterocycles. The molecule has 1 saturated heterocycles. The number of hydrogen-bond acceptors (Lipinski definition) is 10. The monoisotopic (exact) mass is 446 g/mol. The lowest BCUT2D eigenvalue weighted by atomic mass is 10.3. The molecule has 2 aromatic heterocycles. The number of likely N-dealkylation sites (tertiary alicyclic amines) is 1. The number of carbonyl (C=O) groups excluding carboxylic acids is 1. The van der Waals surface area contributed by atoms with Crippen molar-refractivity contribution in [2.24, 2.45) is 0 Å². The standard InChI is InChI=1S/C21H30N6O5/c1-2-31-18(28)8-13-26(15-17-7-5-14-32-17)21-19(27(29)30)20(23-16-24-21)22-9-6-12-25-10-3-4-11-25/h5,7,14,16H,2-4,6,8-13,15H2,1H3,(H,22,23,24). The van der Waals surface area contributed by atoms with Crippen molar-refractivity contribution in [1.29, 1.82) is 0 Å². The maximum atomic E-state index is 12.0. The van der Waals surface area contributed by atoms with Crippen LogP contribution in [0.3, 0.4) is 0 Å². The van der Waals surface area contributed by atoms with Crippen molar-refractivity contribution >= 4 is 23.3 Å². The number of anilines is 2. The lowest BCUT2D eigenvalue weighted by Crippen LogP contribution is -2.28. The molecule has 0 aliphatic carbocycles. The molecule has 0 aromatic carbocycles. The fourth-order valence-corrected chi connectivity index (χ4v) is 3.72. The Morgan fingerprint density at radius 1 is 1.38 bits per heavy atom. The summed E-state index contributed by atoms with van der Waals surface area (Å²) in [6.45, 7) is 6.15. The third-order valence-electron chi connectivity index (χ3n) is 5.25. The highest BCUT2D eigenvalue weighted by Crippen LogP contribution is 2.32. The van der Waals surface area contributed by atoms with Gasteiger partial charge in [0.25, 0.3) is 0 Å². The highest BCUT2D eigenvalue weighted by atomic mass is 16.6. The Kier molecular flexibility index (Phi) is 8.79. The largest absolute Gasteiger partial charge is 0.467 e. The molecular weight excluding hydrogens is 416 g/mol. The minimum absolute atomic E-state index is 0.0638. The van der Waals surface area contributed by atoms with Gasteiger partial charge in [0.2, 0.25) is 11.6 Å². The molecule has 1 N–H and O–H groups in total. The molecule has 0 spiro atoms. The topological polar surface area (TPSA) is 127 Å². The number of ether oxygens (including phenoxy) is 1. The van der Waals surface area contributed by atoms with Crippen molar-refractivity contribution in [2.75, 3.05) is 49.5 Å². The zero-order valence-electron chi connectivity index (χ0n) is 18.4. The summed E-state index contributed by atoms with van der Waals surface area (Å²) < 4.78 is 10.4. The summed E-state index contributed by atoms with van der Waals surface area (Å²) in [5, 5.41) is 15.1. The Hall–Kier alpha value is -3.21. The highest BCUT2D eigenvalue weighted by molar-refractivity contribution is 5.73.